The number of aromatic amines is 1. The maximum Gasteiger partial charge on any atom is 0.309 e. The number of fused-ring (bicyclic) bond motifs is 3. The summed E-state index contributed by atoms with van der Waals surface area (Å²) >= 11 is 0. The number of H-pyrrole nitrogens is 1. The number of nitrogens with one attached hydrogen (secondary N) is 1. The molecule has 20 heavy (non-hydrogen) atoms. The summed E-state index contributed by atoms with van der Waals surface area (Å²) < 4.78 is 10.4. The van der Waals surface area contributed by atoms with Crippen LogP contribution in [0.4, 0.5) is 0 Å². The SMILES string of the molecule is CCOC(=O)[C@@H]1CCc2[nH]c3ccc(OC)cc3c2C1. The van der Waals surface area contributed by atoms with Gasteiger partial charge in [-0.2, -0.15) is 0 Å². The van der Waals surface area contributed by atoms with E-state index in [9.17, 15) is 4.79 Å². The topological polar surface area (TPSA) is 51.3 Å². The van der Waals surface area contributed by atoms with Gasteiger partial charge in [-0.3, -0.25) is 4.79 Å². The number of carbonyl (C=O) groups is 1. The molecular weight excluding hydrogens is 254 g/mol. The lowest BCUT2D eigenvalue weighted by molar-refractivity contribution is -0.148. The molecule has 3 rings (SSSR count). The van der Waals surface area contributed by atoms with E-state index in [2.05, 4.69) is 4.98 Å². The maximum atomic E-state index is 11.9. The van der Waals surface area contributed by atoms with Crippen molar-refractivity contribution in [2.24, 2.45) is 5.92 Å². The second-order valence-electron chi connectivity index (χ2n) is 5.19. The van der Waals surface area contributed by atoms with Crippen LogP contribution in [0.15, 0.2) is 18.2 Å². The number of ether oxygens (including phenoxy) is 2. The Balaban J connectivity index is 1.96. The van der Waals surface area contributed by atoms with E-state index in [0.717, 1.165) is 35.9 Å². The molecule has 0 saturated carbocycles. The van der Waals surface area contributed by atoms with E-state index in [1.807, 2.05) is 25.1 Å². The highest BCUT2D eigenvalue weighted by Gasteiger charge is 2.28. The third-order valence-corrected chi connectivity index (χ3v) is 4.01. The molecule has 0 fully saturated rings. The molecule has 1 atom stereocenters. The molecule has 1 aliphatic carbocycles. The average molecular weight is 273 g/mol. The average Bonchev–Trinajstić information content (AvgIpc) is 2.84. The highest BCUT2D eigenvalue weighted by atomic mass is 16.5. The van der Waals surface area contributed by atoms with E-state index in [-0.39, 0.29) is 11.9 Å². The van der Waals surface area contributed by atoms with Gasteiger partial charge in [0.1, 0.15) is 5.75 Å². The number of hydrogen-bond acceptors (Lipinski definition) is 3. The van der Waals surface area contributed by atoms with E-state index < -0.39 is 0 Å². The molecule has 1 aliphatic rings. The van der Waals surface area contributed by atoms with E-state index >= 15 is 0 Å². The number of rotatable bonds is 3. The number of aromatic nitrogens is 1. The molecule has 0 aliphatic heterocycles. The monoisotopic (exact) mass is 273 g/mol. The maximum absolute atomic E-state index is 11.9. The van der Waals surface area contributed by atoms with Crippen molar-refractivity contribution in [3.05, 3.63) is 29.5 Å². The van der Waals surface area contributed by atoms with Gasteiger partial charge in [-0.05, 0) is 49.9 Å². The van der Waals surface area contributed by atoms with Crippen LogP contribution in [0.5, 0.6) is 5.75 Å². The van der Waals surface area contributed by atoms with Gasteiger partial charge in [0.2, 0.25) is 0 Å². The number of carbonyl (C=O) groups excluding carboxylic acids is 1. The third-order valence-electron chi connectivity index (χ3n) is 4.01. The minimum absolute atomic E-state index is 0.0207. The minimum Gasteiger partial charge on any atom is -0.497 e. The highest BCUT2D eigenvalue weighted by molar-refractivity contribution is 5.87. The van der Waals surface area contributed by atoms with Gasteiger partial charge in [0.15, 0.2) is 0 Å². The number of aryl methyl sites for hydroxylation is 1. The minimum atomic E-state index is -0.0737. The third kappa shape index (κ3) is 2.15. The zero-order valence-corrected chi connectivity index (χ0v) is 11.9. The Kier molecular flexibility index (Phi) is 3.38. The Hall–Kier alpha value is -1.97. The van der Waals surface area contributed by atoms with Crippen LogP contribution in [-0.4, -0.2) is 24.7 Å². The Morgan fingerprint density at radius 3 is 3.05 bits per heavy atom. The van der Waals surface area contributed by atoms with Crippen LogP contribution >= 0.6 is 0 Å². The normalized spacial score (nSPS) is 17.8. The fraction of sp³-hybridized carbons (Fsp3) is 0.438. The van der Waals surface area contributed by atoms with Gasteiger partial charge in [-0.15, -0.1) is 0 Å². The smallest absolute Gasteiger partial charge is 0.309 e. The largest absolute Gasteiger partial charge is 0.497 e. The lowest BCUT2D eigenvalue weighted by Gasteiger charge is -2.20. The number of methoxy groups -OCH3 is 1. The van der Waals surface area contributed by atoms with Crippen molar-refractivity contribution >= 4 is 16.9 Å². The highest BCUT2D eigenvalue weighted by Crippen LogP contribution is 2.34. The van der Waals surface area contributed by atoms with Crippen LogP contribution in [0.1, 0.15) is 24.6 Å². The van der Waals surface area contributed by atoms with Gasteiger partial charge in [0.25, 0.3) is 0 Å². The summed E-state index contributed by atoms with van der Waals surface area (Å²) in [6, 6.07) is 6.02. The molecule has 0 amide bonds. The summed E-state index contributed by atoms with van der Waals surface area (Å²) in [6.07, 6.45) is 2.51. The first kappa shape index (κ1) is 13.0. The van der Waals surface area contributed by atoms with Gasteiger partial charge in [0, 0.05) is 16.6 Å². The van der Waals surface area contributed by atoms with Crippen LogP contribution < -0.4 is 4.74 Å². The van der Waals surface area contributed by atoms with Crippen molar-refractivity contribution in [3.8, 4) is 5.75 Å². The van der Waals surface area contributed by atoms with Crippen molar-refractivity contribution in [2.45, 2.75) is 26.2 Å². The van der Waals surface area contributed by atoms with Crippen LogP contribution in [0.2, 0.25) is 0 Å². The van der Waals surface area contributed by atoms with Crippen molar-refractivity contribution in [2.75, 3.05) is 13.7 Å². The molecule has 1 N–H and O–H groups in total. The summed E-state index contributed by atoms with van der Waals surface area (Å²) in [5, 5.41) is 1.16. The fourth-order valence-electron chi connectivity index (χ4n) is 2.98. The van der Waals surface area contributed by atoms with E-state index in [0.29, 0.717) is 6.61 Å². The number of esters is 1. The lowest BCUT2D eigenvalue weighted by Crippen LogP contribution is -2.24. The molecule has 0 spiro atoms. The molecule has 4 nitrogen and oxygen atoms in total. The Morgan fingerprint density at radius 1 is 1.45 bits per heavy atom. The molecule has 106 valence electrons. The van der Waals surface area contributed by atoms with E-state index in [1.165, 1.54) is 11.3 Å². The van der Waals surface area contributed by atoms with Crippen LogP contribution in [0, 0.1) is 5.92 Å². The molecule has 1 heterocycles. The lowest BCUT2D eigenvalue weighted by atomic mass is 9.86. The quantitative estimate of drug-likeness (QED) is 0.875. The van der Waals surface area contributed by atoms with Gasteiger partial charge in [-0.1, -0.05) is 0 Å². The van der Waals surface area contributed by atoms with Crippen LogP contribution in [0.25, 0.3) is 10.9 Å². The molecule has 0 bridgehead atoms. The molecule has 2 aromatic rings. The first-order chi connectivity index (χ1) is 9.72. The van der Waals surface area contributed by atoms with E-state index in [4.69, 9.17) is 9.47 Å². The molecule has 1 aromatic heterocycles. The van der Waals surface area contributed by atoms with E-state index in [1.54, 1.807) is 7.11 Å². The zero-order valence-electron chi connectivity index (χ0n) is 11.9. The molecular formula is C16H19NO3. The first-order valence-corrected chi connectivity index (χ1v) is 7.07. The van der Waals surface area contributed by atoms with Crippen molar-refractivity contribution in [1.82, 2.24) is 4.98 Å². The summed E-state index contributed by atoms with van der Waals surface area (Å²) in [4.78, 5) is 15.4. The standard InChI is InChI=1S/C16H19NO3/c1-3-20-16(18)10-4-6-14-12(8-10)13-9-11(19-2)5-7-15(13)17-14/h5,7,9-10,17H,3-4,6,8H2,1-2H3/t10-/m1/s1. The number of benzene rings is 1. The molecule has 0 unspecified atom stereocenters. The predicted octanol–water partition coefficient (Wildman–Crippen LogP) is 2.84. The van der Waals surface area contributed by atoms with Gasteiger partial charge in [-0.25, -0.2) is 0 Å². The summed E-state index contributed by atoms with van der Waals surface area (Å²) in [5.41, 5.74) is 3.59. The zero-order chi connectivity index (χ0) is 14.1. The summed E-state index contributed by atoms with van der Waals surface area (Å²) in [5.74, 6) is 0.751. The molecule has 0 radical (unpaired) electrons. The summed E-state index contributed by atoms with van der Waals surface area (Å²) in [6.45, 7) is 2.30. The van der Waals surface area contributed by atoms with Crippen LogP contribution in [-0.2, 0) is 22.4 Å². The summed E-state index contributed by atoms with van der Waals surface area (Å²) in [7, 11) is 1.67. The number of hydrogen-bond donors (Lipinski definition) is 1. The van der Waals surface area contributed by atoms with Crippen LogP contribution in [0.3, 0.4) is 0 Å². The van der Waals surface area contributed by atoms with Crippen molar-refractivity contribution < 1.29 is 14.3 Å². The Morgan fingerprint density at radius 2 is 2.30 bits per heavy atom. The Bertz CT molecular complexity index is 644. The molecule has 1 aromatic carbocycles. The first-order valence-electron chi connectivity index (χ1n) is 7.07. The molecule has 4 heteroatoms. The van der Waals surface area contributed by atoms with Gasteiger partial charge >= 0.3 is 5.97 Å². The van der Waals surface area contributed by atoms with Gasteiger partial charge in [0.05, 0.1) is 19.6 Å². The predicted molar refractivity (Wildman–Crippen MR) is 77.0 cm³/mol. The Labute approximate surface area is 118 Å². The second-order valence-corrected chi connectivity index (χ2v) is 5.19. The second kappa shape index (κ2) is 5.19. The molecule has 0 saturated heterocycles. The fourth-order valence-corrected chi connectivity index (χ4v) is 2.98. The van der Waals surface area contributed by atoms with Gasteiger partial charge < -0.3 is 14.5 Å². The van der Waals surface area contributed by atoms with Crippen molar-refractivity contribution in [3.63, 3.8) is 0 Å². The van der Waals surface area contributed by atoms with Crippen molar-refractivity contribution in [1.29, 1.82) is 0 Å².